The summed E-state index contributed by atoms with van der Waals surface area (Å²) in [5.41, 5.74) is 0.659. The molecule has 9 heteroatoms. The van der Waals surface area contributed by atoms with E-state index >= 15 is 0 Å². The van der Waals surface area contributed by atoms with Gasteiger partial charge in [0, 0.05) is 19.8 Å². The second kappa shape index (κ2) is 5.41. The number of hydrogen-bond acceptors (Lipinski definition) is 6. The van der Waals surface area contributed by atoms with Crippen LogP contribution >= 0.6 is 0 Å². The first-order valence-electron chi connectivity index (χ1n) is 6.63. The molecule has 0 bridgehead atoms. The average Bonchev–Trinajstić information content (AvgIpc) is 3.18. The van der Waals surface area contributed by atoms with Gasteiger partial charge in [-0.05, 0) is 12.8 Å². The van der Waals surface area contributed by atoms with Crippen molar-refractivity contribution < 1.29 is 8.42 Å². The zero-order valence-electron chi connectivity index (χ0n) is 11.5. The van der Waals surface area contributed by atoms with Crippen LogP contribution in [0.3, 0.4) is 0 Å². The Balaban J connectivity index is 1.96. The summed E-state index contributed by atoms with van der Waals surface area (Å²) in [6, 6.07) is -0.286. The fraction of sp³-hybridized carbons (Fsp3) is 0.417. The van der Waals surface area contributed by atoms with E-state index in [4.69, 9.17) is 0 Å². The van der Waals surface area contributed by atoms with Gasteiger partial charge in [-0.3, -0.25) is 10.1 Å². The van der Waals surface area contributed by atoms with Gasteiger partial charge in [0.05, 0.1) is 30.3 Å². The molecular formula is C12H16N6O2S. The number of anilines is 1. The quantitative estimate of drug-likeness (QED) is 0.864. The van der Waals surface area contributed by atoms with E-state index in [1.165, 1.54) is 16.7 Å². The number of aromatic amines is 1. The van der Waals surface area contributed by atoms with Crippen molar-refractivity contribution in [3.05, 3.63) is 30.5 Å². The Morgan fingerprint density at radius 1 is 1.38 bits per heavy atom. The van der Waals surface area contributed by atoms with E-state index < -0.39 is 10.0 Å². The summed E-state index contributed by atoms with van der Waals surface area (Å²) in [5, 5.41) is 9.17. The Hall–Kier alpha value is -2.00. The van der Waals surface area contributed by atoms with Crippen LogP contribution in [0.25, 0.3) is 0 Å². The van der Waals surface area contributed by atoms with Crippen molar-refractivity contribution in [1.29, 1.82) is 0 Å². The lowest BCUT2D eigenvalue weighted by Crippen LogP contribution is -2.31. The van der Waals surface area contributed by atoms with Gasteiger partial charge < -0.3 is 5.32 Å². The maximum absolute atomic E-state index is 12.6. The number of aromatic nitrogens is 4. The predicted molar refractivity (Wildman–Crippen MR) is 76.0 cm³/mol. The van der Waals surface area contributed by atoms with Gasteiger partial charge in [-0.2, -0.15) is 9.40 Å². The van der Waals surface area contributed by atoms with Gasteiger partial charge in [0.1, 0.15) is 10.7 Å². The van der Waals surface area contributed by atoms with Gasteiger partial charge in [0.15, 0.2) is 0 Å². The Kier molecular flexibility index (Phi) is 3.60. The molecule has 2 aromatic rings. The standard InChI is InChI=1S/C12H16N6O2S/c1-13-12-8-14-7-10(17-12)11-3-2-4-18(11)21(19,20)9-5-15-16-6-9/h5-8,11H,2-4H2,1H3,(H,13,17)(H,15,16)/t11-/m1/s1. The van der Waals surface area contributed by atoms with Crippen LogP contribution in [0.15, 0.2) is 29.7 Å². The molecule has 2 aromatic heterocycles. The average molecular weight is 308 g/mol. The van der Waals surface area contributed by atoms with E-state index in [-0.39, 0.29) is 10.9 Å². The highest BCUT2D eigenvalue weighted by Gasteiger charge is 2.37. The third-order valence-corrected chi connectivity index (χ3v) is 5.41. The monoisotopic (exact) mass is 308 g/mol. The summed E-state index contributed by atoms with van der Waals surface area (Å²) >= 11 is 0. The van der Waals surface area contributed by atoms with Crippen LogP contribution in [0.2, 0.25) is 0 Å². The maximum atomic E-state index is 12.6. The summed E-state index contributed by atoms with van der Waals surface area (Å²) in [5.74, 6) is 0.625. The number of sulfonamides is 1. The normalized spacial score (nSPS) is 19.8. The highest BCUT2D eigenvalue weighted by molar-refractivity contribution is 7.89. The number of rotatable bonds is 4. The van der Waals surface area contributed by atoms with Gasteiger partial charge >= 0.3 is 0 Å². The van der Waals surface area contributed by atoms with Crippen molar-refractivity contribution in [2.75, 3.05) is 18.9 Å². The fourth-order valence-electron chi connectivity index (χ4n) is 2.50. The Labute approximate surface area is 122 Å². The molecule has 2 N–H and O–H groups in total. The second-order valence-corrected chi connectivity index (χ2v) is 6.68. The molecule has 1 atom stereocenters. The third kappa shape index (κ3) is 2.49. The van der Waals surface area contributed by atoms with Crippen LogP contribution < -0.4 is 5.32 Å². The zero-order chi connectivity index (χ0) is 14.9. The fourth-order valence-corrected chi connectivity index (χ4v) is 4.08. The first-order chi connectivity index (χ1) is 10.1. The third-order valence-electron chi connectivity index (χ3n) is 3.53. The lowest BCUT2D eigenvalue weighted by molar-refractivity contribution is 0.390. The molecule has 1 saturated heterocycles. The zero-order valence-corrected chi connectivity index (χ0v) is 12.3. The molecule has 0 spiro atoms. The van der Waals surface area contributed by atoms with Crippen molar-refractivity contribution in [2.24, 2.45) is 0 Å². The summed E-state index contributed by atoms with van der Waals surface area (Å²) in [7, 11) is -1.81. The van der Waals surface area contributed by atoms with Crippen LogP contribution in [0.4, 0.5) is 5.82 Å². The van der Waals surface area contributed by atoms with Gasteiger partial charge in [-0.15, -0.1) is 0 Å². The molecule has 0 saturated carbocycles. The minimum absolute atomic E-state index is 0.173. The summed E-state index contributed by atoms with van der Waals surface area (Å²) in [4.78, 5) is 8.70. The molecule has 0 radical (unpaired) electrons. The smallest absolute Gasteiger partial charge is 0.246 e. The highest BCUT2D eigenvalue weighted by Crippen LogP contribution is 2.35. The van der Waals surface area contributed by atoms with Crippen molar-refractivity contribution in [3.8, 4) is 0 Å². The van der Waals surface area contributed by atoms with Crippen molar-refractivity contribution in [2.45, 2.75) is 23.8 Å². The molecule has 0 aliphatic carbocycles. The van der Waals surface area contributed by atoms with Gasteiger partial charge in [0.2, 0.25) is 10.0 Å². The molecule has 0 amide bonds. The van der Waals surface area contributed by atoms with E-state index in [9.17, 15) is 8.42 Å². The molecule has 1 aliphatic heterocycles. The van der Waals surface area contributed by atoms with Crippen molar-refractivity contribution in [3.63, 3.8) is 0 Å². The van der Waals surface area contributed by atoms with Crippen LogP contribution in [-0.4, -0.2) is 46.5 Å². The first kappa shape index (κ1) is 14.0. The lowest BCUT2D eigenvalue weighted by atomic mass is 10.2. The molecule has 3 rings (SSSR count). The second-order valence-electron chi connectivity index (χ2n) is 4.79. The Morgan fingerprint density at radius 3 is 2.95 bits per heavy atom. The summed E-state index contributed by atoms with van der Waals surface area (Å²) in [6.07, 6.45) is 7.47. The van der Waals surface area contributed by atoms with Crippen LogP contribution in [0.5, 0.6) is 0 Å². The number of nitrogens with one attached hydrogen (secondary N) is 2. The Morgan fingerprint density at radius 2 is 2.24 bits per heavy atom. The number of nitrogens with zero attached hydrogens (tertiary/aromatic N) is 4. The van der Waals surface area contributed by atoms with Gasteiger partial charge in [0.25, 0.3) is 0 Å². The molecule has 8 nitrogen and oxygen atoms in total. The van der Waals surface area contributed by atoms with Gasteiger partial charge in [-0.25, -0.2) is 13.4 Å². The molecule has 112 valence electrons. The van der Waals surface area contributed by atoms with Gasteiger partial charge in [-0.1, -0.05) is 0 Å². The minimum atomic E-state index is -3.56. The SMILES string of the molecule is CNc1cncc([C@H]2CCCN2S(=O)(=O)c2cn[nH]c2)n1. The van der Waals surface area contributed by atoms with E-state index in [1.54, 1.807) is 19.4 Å². The summed E-state index contributed by atoms with van der Waals surface area (Å²) < 4.78 is 26.7. The lowest BCUT2D eigenvalue weighted by Gasteiger charge is -2.22. The number of hydrogen-bond donors (Lipinski definition) is 2. The molecule has 0 unspecified atom stereocenters. The topological polar surface area (TPSA) is 104 Å². The molecule has 21 heavy (non-hydrogen) atoms. The maximum Gasteiger partial charge on any atom is 0.246 e. The molecule has 3 heterocycles. The minimum Gasteiger partial charge on any atom is -0.372 e. The van der Waals surface area contributed by atoms with Crippen molar-refractivity contribution >= 4 is 15.8 Å². The van der Waals surface area contributed by atoms with E-state index in [0.717, 1.165) is 12.8 Å². The highest BCUT2D eigenvalue weighted by atomic mass is 32.2. The molecular weight excluding hydrogens is 292 g/mol. The van der Waals surface area contributed by atoms with E-state index in [2.05, 4.69) is 25.5 Å². The van der Waals surface area contributed by atoms with Crippen LogP contribution in [0, 0.1) is 0 Å². The van der Waals surface area contributed by atoms with Crippen LogP contribution in [0.1, 0.15) is 24.6 Å². The number of H-pyrrole nitrogens is 1. The van der Waals surface area contributed by atoms with E-state index in [1.807, 2.05) is 0 Å². The molecule has 0 aromatic carbocycles. The molecule has 1 fully saturated rings. The largest absolute Gasteiger partial charge is 0.372 e. The first-order valence-corrected chi connectivity index (χ1v) is 8.07. The summed E-state index contributed by atoms with van der Waals surface area (Å²) in [6.45, 7) is 0.476. The molecule has 1 aliphatic rings. The predicted octanol–water partition coefficient (Wildman–Crippen LogP) is 0.767. The van der Waals surface area contributed by atoms with E-state index in [0.29, 0.717) is 18.1 Å². The van der Waals surface area contributed by atoms with Crippen LogP contribution in [-0.2, 0) is 10.0 Å². The van der Waals surface area contributed by atoms with Crippen molar-refractivity contribution in [1.82, 2.24) is 24.5 Å². The Bertz CT molecular complexity index is 715.